The van der Waals surface area contributed by atoms with Gasteiger partial charge in [0.1, 0.15) is 11.7 Å². The first kappa shape index (κ1) is 13.1. The molecule has 2 aromatic rings. The second-order valence-electron chi connectivity index (χ2n) is 4.25. The third-order valence-electron chi connectivity index (χ3n) is 2.88. The lowest BCUT2D eigenvalue weighted by molar-refractivity contribution is -0.138. The highest BCUT2D eigenvalue weighted by Gasteiger charge is 2.24. The summed E-state index contributed by atoms with van der Waals surface area (Å²) in [7, 11) is 0. The summed E-state index contributed by atoms with van der Waals surface area (Å²) >= 11 is 0. The zero-order valence-electron chi connectivity index (χ0n) is 10.4. The molecule has 0 aliphatic heterocycles. The largest absolute Gasteiger partial charge is 0.481 e. The molecule has 0 aliphatic rings. The number of halogens is 1. The highest BCUT2D eigenvalue weighted by atomic mass is 19.1. The Morgan fingerprint density at radius 1 is 1.37 bits per heavy atom. The molecule has 2 rings (SSSR count). The van der Waals surface area contributed by atoms with Gasteiger partial charge in [0, 0.05) is 12.4 Å². The maximum absolute atomic E-state index is 13.1. The minimum atomic E-state index is -0.993. The number of aromatic nitrogens is 2. The normalized spacial score (nSPS) is 12.1. The van der Waals surface area contributed by atoms with Crippen molar-refractivity contribution in [2.45, 2.75) is 19.3 Å². The number of hydrogen-bond donors (Lipinski definition) is 1. The number of carboxylic acid groups (broad SMARTS) is 1. The van der Waals surface area contributed by atoms with Gasteiger partial charge in [0.2, 0.25) is 0 Å². The predicted octanol–water partition coefficient (Wildman–Crippen LogP) is 2.34. The molecule has 0 aliphatic carbocycles. The molecule has 4 nitrogen and oxygen atoms in total. The Kier molecular flexibility index (Phi) is 3.85. The van der Waals surface area contributed by atoms with Crippen LogP contribution >= 0.6 is 0 Å². The van der Waals surface area contributed by atoms with Crippen LogP contribution in [-0.4, -0.2) is 21.0 Å². The molecule has 1 heterocycles. The number of nitrogens with zero attached hydrogens (tertiary/aromatic N) is 2. The highest BCUT2D eigenvalue weighted by molar-refractivity contribution is 5.76. The van der Waals surface area contributed by atoms with Crippen molar-refractivity contribution in [1.29, 1.82) is 0 Å². The SMILES string of the molecule is Cc1nccnc1C(Cc1cccc(F)c1)C(=O)O. The van der Waals surface area contributed by atoms with Gasteiger partial charge < -0.3 is 5.11 Å². The molecular weight excluding hydrogens is 247 g/mol. The Hall–Kier alpha value is -2.30. The van der Waals surface area contributed by atoms with Crippen molar-refractivity contribution >= 4 is 5.97 Å². The average molecular weight is 260 g/mol. The van der Waals surface area contributed by atoms with E-state index in [2.05, 4.69) is 9.97 Å². The van der Waals surface area contributed by atoms with Crippen molar-refractivity contribution < 1.29 is 14.3 Å². The molecule has 1 aromatic carbocycles. The van der Waals surface area contributed by atoms with Gasteiger partial charge in [0.25, 0.3) is 0 Å². The molecule has 98 valence electrons. The number of carbonyl (C=O) groups is 1. The van der Waals surface area contributed by atoms with Crippen LogP contribution in [-0.2, 0) is 11.2 Å². The van der Waals surface area contributed by atoms with Gasteiger partial charge in [-0.2, -0.15) is 0 Å². The molecule has 0 saturated carbocycles. The summed E-state index contributed by atoms with van der Waals surface area (Å²) in [6, 6.07) is 5.92. The summed E-state index contributed by atoms with van der Waals surface area (Å²) in [5.74, 6) is -2.19. The zero-order chi connectivity index (χ0) is 13.8. The van der Waals surface area contributed by atoms with Crippen LogP contribution in [0.5, 0.6) is 0 Å². The first-order valence-electron chi connectivity index (χ1n) is 5.82. The summed E-state index contributed by atoms with van der Waals surface area (Å²) < 4.78 is 13.1. The first-order valence-corrected chi connectivity index (χ1v) is 5.82. The van der Waals surface area contributed by atoms with E-state index in [1.165, 1.54) is 24.5 Å². The summed E-state index contributed by atoms with van der Waals surface area (Å²) in [6.45, 7) is 1.71. The number of hydrogen-bond acceptors (Lipinski definition) is 3. The lowest BCUT2D eigenvalue weighted by atomic mass is 9.95. The maximum atomic E-state index is 13.1. The van der Waals surface area contributed by atoms with E-state index in [4.69, 9.17) is 0 Å². The highest BCUT2D eigenvalue weighted by Crippen LogP contribution is 2.21. The minimum Gasteiger partial charge on any atom is -0.481 e. The monoisotopic (exact) mass is 260 g/mol. The average Bonchev–Trinajstić information content (AvgIpc) is 2.37. The van der Waals surface area contributed by atoms with E-state index in [9.17, 15) is 14.3 Å². The molecule has 0 amide bonds. The Labute approximate surface area is 110 Å². The van der Waals surface area contributed by atoms with Crippen LogP contribution in [0, 0.1) is 12.7 Å². The smallest absolute Gasteiger partial charge is 0.313 e. The van der Waals surface area contributed by atoms with Crippen LogP contribution in [0.15, 0.2) is 36.7 Å². The van der Waals surface area contributed by atoms with Gasteiger partial charge in [-0.25, -0.2) is 4.39 Å². The Morgan fingerprint density at radius 2 is 2.11 bits per heavy atom. The Morgan fingerprint density at radius 3 is 2.74 bits per heavy atom. The van der Waals surface area contributed by atoms with Gasteiger partial charge in [0.05, 0.1) is 11.4 Å². The predicted molar refractivity (Wildman–Crippen MR) is 67.2 cm³/mol. The summed E-state index contributed by atoms with van der Waals surface area (Å²) in [4.78, 5) is 19.5. The van der Waals surface area contributed by atoms with E-state index in [0.29, 0.717) is 17.0 Å². The zero-order valence-corrected chi connectivity index (χ0v) is 10.4. The fraction of sp³-hybridized carbons (Fsp3) is 0.214. The fourth-order valence-corrected chi connectivity index (χ4v) is 1.96. The van der Waals surface area contributed by atoms with Crippen molar-refractivity contribution in [3.8, 4) is 0 Å². The molecule has 0 spiro atoms. The summed E-state index contributed by atoms with van der Waals surface area (Å²) in [6.07, 6.45) is 3.16. The Bertz CT molecular complexity index is 602. The van der Waals surface area contributed by atoms with E-state index < -0.39 is 11.9 Å². The van der Waals surface area contributed by atoms with Crippen molar-refractivity contribution in [2.24, 2.45) is 0 Å². The van der Waals surface area contributed by atoms with Gasteiger partial charge in [0.15, 0.2) is 0 Å². The number of aryl methyl sites for hydroxylation is 1. The van der Waals surface area contributed by atoms with Crippen molar-refractivity contribution in [2.75, 3.05) is 0 Å². The van der Waals surface area contributed by atoms with E-state index in [-0.39, 0.29) is 12.2 Å². The molecule has 19 heavy (non-hydrogen) atoms. The third kappa shape index (κ3) is 3.13. The second-order valence-corrected chi connectivity index (χ2v) is 4.25. The van der Waals surface area contributed by atoms with Crippen molar-refractivity contribution in [1.82, 2.24) is 9.97 Å². The van der Waals surface area contributed by atoms with Gasteiger partial charge in [-0.3, -0.25) is 14.8 Å². The van der Waals surface area contributed by atoms with Gasteiger partial charge in [-0.15, -0.1) is 0 Å². The molecule has 0 saturated heterocycles. The standard InChI is InChI=1S/C14H13FN2O2/c1-9-13(17-6-5-16-9)12(14(18)19)8-10-3-2-4-11(15)7-10/h2-7,12H,8H2,1H3,(H,18,19). The molecule has 0 bridgehead atoms. The summed E-state index contributed by atoms with van der Waals surface area (Å²) in [5.41, 5.74) is 1.61. The molecule has 1 aromatic heterocycles. The molecule has 5 heteroatoms. The number of rotatable bonds is 4. The van der Waals surface area contributed by atoms with Gasteiger partial charge in [-0.05, 0) is 31.0 Å². The van der Waals surface area contributed by atoms with E-state index in [1.54, 1.807) is 19.1 Å². The van der Waals surface area contributed by atoms with E-state index in [0.717, 1.165) is 0 Å². The van der Waals surface area contributed by atoms with Crippen LogP contribution in [0.3, 0.4) is 0 Å². The van der Waals surface area contributed by atoms with Crippen LogP contribution in [0.1, 0.15) is 22.9 Å². The molecule has 1 unspecified atom stereocenters. The topological polar surface area (TPSA) is 63.1 Å². The molecule has 0 fully saturated rings. The molecular formula is C14H13FN2O2. The first-order chi connectivity index (χ1) is 9.08. The minimum absolute atomic E-state index is 0.187. The lowest BCUT2D eigenvalue weighted by Gasteiger charge is -2.13. The molecule has 1 atom stereocenters. The molecule has 1 N–H and O–H groups in total. The van der Waals surface area contributed by atoms with Gasteiger partial charge in [-0.1, -0.05) is 12.1 Å². The van der Waals surface area contributed by atoms with E-state index >= 15 is 0 Å². The van der Waals surface area contributed by atoms with Crippen molar-refractivity contribution in [3.63, 3.8) is 0 Å². The van der Waals surface area contributed by atoms with Crippen LogP contribution in [0.2, 0.25) is 0 Å². The molecule has 0 radical (unpaired) electrons. The second kappa shape index (κ2) is 5.56. The van der Waals surface area contributed by atoms with Crippen LogP contribution in [0.4, 0.5) is 4.39 Å². The third-order valence-corrected chi connectivity index (χ3v) is 2.88. The number of benzene rings is 1. The van der Waals surface area contributed by atoms with Crippen LogP contribution < -0.4 is 0 Å². The number of aliphatic carboxylic acids is 1. The quantitative estimate of drug-likeness (QED) is 0.916. The fourth-order valence-electron chi connectivity index (χ4n) is 1.96. The maximum Gasteiger partial charge on any atom is 0.313 e. The Balaban J connectivity index is 2.32. The van der Waals surface area contributed by atoms with E-state index in [1.807, 2.05) is 0 Å². The number of carboxylic acids is 1. The van der Waals surface area contributed by atoms with Gasteiger partial charge >= 0.3 is 5.97 Å². The lowest BCUT2D eigenvalue weighted by Crippen LogP contribution is -2.17. The van der Waals surface area contributed by atoms with Crippen LogP contribution in [0.25, 0.3) is 0 Å². The summed E-state index contributed by atoms with van der Waals surface area (Å²) in [5, 5.41) is 9.32. The van der Waals surface area contributed by atoms with Crippen molar-refractivity contribution in [3.05, 3.63) is 59.4 Å².